The van der Waals surface area contributed by atoms with E-state index >= 15 is 0 Å². The molecular weight excluding hydrogens is 400 g/mol. The molecule has 0 unspecified atom stereocenters. The highest BCUT2D eigenvalue weighted by atomic mass is 32.2. The molecule has 2 aromatic rings. The Morgan fingerprint density at radius 1 is 1.13 bits per heavy atom. The van der Waals surface area contributed by atoms with E-state index < -0.39 is 0 Å². The van der Waals surface area contributed by atoms with Gasteiger partial charge in [-0.1, -0.05) is 42.8 Å². The van der Waals surface area contributed by atoms with Crippen LogP contribution in [0.25, 0.3) is 0 Å². The van der Waals surface area contributed by atoms with Crippen LogP contribution in [0.4, 0.5) is 0 Å². The van der Waals surface area contributed by atoms with E-state index in [0.29, 0.717) is 30.4 Å². The van der Waals surface area contributed by atoms with Gasteiger partial charge in [-0.05, 0) is 54.7 Å². The monoisotopic (exact) mass is 428 g/mol. The Bertz CT molecular complexity index is 887. The maximum absolute atomic E-state index is 12.7. The number of rotatable bonds is 6. The Morgan fingerprint density at radius 3 is 2.60 bits per heavy atom. The van der Waals surface area contributed by atoms with Crippen LogP contribution >= 0.6 is 11.8 Å². The molecule has 2 heterocycles. The molecule has 9 heteroatoms. The summed E-state index contributed by atoms with van der Waals surface area (Å²) >= 11 is 1.42. The van der Waals surface area contributed by atoms with E-state index in [1.807, 2.05) is 40.8 Å². The van der Waals surface area contributed by atoms with Crippen LogP contribution < -0.4 is 5.32 Å². The summed E-state index contributed by atoms with van der Waals surface area (Å²) in [7, 11) is 0. The van der Waals surface area contributed by atoms with Gasteiger partial charge in [0.1, 0.15) is 0 Å². The van der Waals surface area contributed by atoms with Gasteiger partial charge in [-0.3, -0.25) is 9.59 Å². The van der Waals surface area contributed by atoms with Crippen molar-refractivity contribution in [3.8, 4) is 0 Å². The number of nitrogens with zero attached hydrogens (tertiary/aromatic N) is 5. The van der Waals surface area contributed by atoms with Crippen LogP contribution in [0.3, 0.4) is 0 Å². The first-order valence-electron chi connectivity index (χ1n) is 10.7. The normalized spacial score (nSPS) is 18.0. The number of aromatic nitrogens is 4. The van der Waals surface area contributed by atoms with Crippen LogP contribution in [0, 0.1) is 6.92 Å². The number of tetrazole rings is 1. The number of benzene rings is 1. The zero-order valence-corrected chi connectivity index (χ0v) is 18.1. The number of amides is 2. The lowest BCUT2D eigenvalue weighted by atomic mass is 10.0. The standard InChI is InChI=1S/C21H28N6O2S/c1-15-6-2-5-9-18(15)20(29)22-16-10-12-26(13-11-16)19(28)14-30-21-23-24-25-27(21)17-7-3-4-8-17/h2,5-6,9,16-17H,3-4,7-8,10-14H2,1H3,(H,22,29). The molecule has 2 fully saturated rings. The lowest BCUT2D eigenvalue weighted by molar-refractivity contribution is -0.129. The third-order valence-electron chi connectivity index (χ3n) is 6.03. The summed E-state index contributed by atoms with van der Waals surface area (Å²) in [5.41, 5.74) is 1.69. The second kappa shape index (κ2) is 9.59. The van der Waals surface area contributed by atoms with Crippen molar-refractivity contribution in [2.75, 3.05) is 18.8 Å². The molecule has 1 aliphatic heterocycles. The molecular formula is C21H28N6O2S. The molecule has 0 radical (unpaired) electrons. The van der Waals surface area contributed by atoms with E-state index in [2.05, 4.69) is 20.8 Å². The van der Waals surface area contributed by atoms with Crippen LogP contribution in [-0.4, -0.2) is 61.8 Å². The highest BCUT2D eigenvalue weighted by Gasteiger charge is 2.26. The first-order valence-corrected chi connectivity index (χ1v) is 11.7. The molecule has 0 spiro atoms. The molecule has 2 aliphatic rings. The average molecular weight is 429 g/mol. The SMILES string of the molecule is Cc1ccccc1C(=O)NC1CCN(C(=O)CSc2nnnn2C2CCCC2)CC1. The van der Waals surface area contributed by atoms with Gasteiger partial charge in [0, 0.05) is 24.7 Å². The topological polar surface area (TPSA) is 93.0 Å². The highest BCUT2D eigenvalue weighted by molar-refractivity contribution is 7.99. The number of aryl methyl sites for hydroxylation is 1. The second-order valence-corrected chi connectivity index (χ2v) is 9.02. The molecule has 2 amide bonds. The van der Waals surface area contributed by atoms with Crippen molar-refractivity contribution < 1.29 is 9.59 Å². The summed E-state index contributed by atoms with van der Waals surface area (Å²) in [5.74, 6) is 0.407. The summed E-state index contributed by atoms with van der Waals surface area (Å²) in [6.45, 7) is 3.26. The van der Waals surface area contributed by atoms with Crippen molar-refractivity contribution in [3.05, 3.63) is 35.4 Å². The lowest BCUT2D eigenvalue weighted by Gasteiger charge is -2.32. The largest absolute Gasteiger partial charge is 0.349 e. The van der Waals surface area contributed by atoms with Crippen molar-refractivity contribution in [2.45, 2.75) is 62.7 Å². The molecule has 4 rings (SSSR count). The smallest absolute Gasteiger partial charge is 0.251 e. The fourth-order valence-electron chi connectivity index (χ4n) is 4.24. The maximum Gasteiger partial charge on any atom is 0.251 e. The molecule has 1 N–H and O–H groups in total. The van der Waals surface area contributed by atoms with Gasteiger partial charge in [0.15, 0.2) is 0 Å². The van der Waals surface area contributed by atoms with Crippen molar-refractivity contribution in [1.82, 2.24) is 30.4 Å². The van der Waals surface area contributed by atoms with Gasteiger partial charge in [0.2, 0.25) is 11.1 Å². The van der Waals surface area contributed by atoms with Gasteiger partial charge in [-0.2, -0.15) is 0 Å². The number of likely N-dealkylation sites (tertiary alicyclic amines) is 1. The molecule has 1 aromatic carbocycles. The van der Waals surface area contributed by atoms with Crippen LogP contribution in [-0.2, 0) is 4.79 Å². The molecule has 1 aliphatic carbocycles. The number of hydrogen-bond acceptors (Lipinski definition) is 6. The van der Waals surface area contributed by atoms with E-state index in [-0.39, 0.29) is 17.9 Å². The minimum absolute atomic E-state index is 0.0350. The van der Waals surface area contributed by atoms with Crippen molar-refractivity contribution in [3.63, 3.8) is 0 Å². The Labute approximate surface area is 180 Å². The fraction of sp³-hybridized carbons (Fsp3) is 0.571. The highest BCUT2D eigenvalue weighted by Crippen LogP contribution is 2.31. The summed E-state index contributed by atoms with van der Waals surface area (Å²) in [6.07, 6.45) is 6.18. The van der Waals surface area contributed by atoms with E-state index in [9.17, 15) is 9.59 Å². The summed E-state index contributed by atoms with van der Waals surface area (Å²) in [6, 6.07) is 8.06. The quantitative estimate of drug-likeness (QED) is 0.711. The molecule has 160 valence electrons. The predicted molar refractivity (Wildman–Crippen MR) is 114 cm³/mol. The third kappa shape index (κ3) is 4.83. The number of hydrogen-bond donors (Lipinski definition) is 1. The average Bonchev–Trinajstić information content (AvgIpc) is 3.44. The molecule has 8 nitrogen and oxygen atoms in total. The minimum atomic E-state index is -0.0350. The molecule has 1 saturated carbocycles. The zero-order valence-electron chi connectivity index (χ0n) is 17.3. The lowest BCUT2D eigenvalue weighted by Crippen LogP contribution is -2.47. The molecule has 0 atom stereocenters. The van der Waals surface area contributed by atoms with Crippen LogP contribution in [0.15, 0.2) is 29.4 Å². The van der Waals surface area contributed by atoms with E-state index in [1.54, 1.807) is 0 Å². The van der Waals surface area contributed by atoms with Gasteiger partial charge in [-0.25, -0.2) is 4.68 Å². The van der Waals surface area contributed by atoms with Crippen molar-refractivity contribution in [1.29, 1.82) is 0 Å². The summed E-state index contributed by atoms with van der Waals surface area (Å²) < 4.78 is 1.89. The number of nitrogens with one attached hydrogen (secondary N) is 1. The van der Waals surface area contributed by atoms with Crippen molar-refractivity contribution in [2.24, 2.45) is 0 Å². The first-order chi connectivity index (χ1) is 14.6. The number of carbonyl (C=O) groups excluding carboxylic acids is 2. The van der Waals surface area contributed by atoms with Gasteiger partial charge < -0.3 is 10.2 Å². The van der Waals surface area contributed by atoms with Gasteiger partial charge in [0.05, 0.1) is 11.8 Å². The number of piperidine rings is 1. The first kappa shape index (κ1) is 20.8. The maximum atomic E-state index is 12.7. The fourth-order valence-corrected chi connectivity index (χ4v) is 5.09. The number of carbonyl (C=O) groups is 2. The van der Waals surface area contributed by atoms with Crippen LogP contribution in [0.1, 0.15) is 60.5 Å². The Hall–Kier alpha value is -2.42. The molecule has 30 heavy (non-hydrogen) atoms. The predicted octanol–water partition coefficient (Wildman–Crippen LogP) is 2.61. The molecule has 1 saturated heterocycles. The molecule has 1 aromatic heterocycles. The molecule has 0 bridgehead atoms. The van der Waals surface area contributed by atoms with Crippen LogP contribution in [0.2, 0.25) is 0 Å². The van der Waals surface area contributed by atoms with Crippen LogP contribution in [0.5, 0.6) is 0 Å². The third-order valence-corrected chi connectivity index (χ3v) is 6.95. The number of thioether (sulfide) groups is 1. The zero-order chi connectivity index (χ0) is 20.9. The Balaban J connectivity index is 1.23. The summed E-state index contributed by atoms with van der Waals surface area (Å²) in [5, 5.41) is 15.9. The van der Waals surface area contributed by atoms with Crippen molar-refractivity contribution >= 4 is 23.6 Å². The second-order valence-electron chi connectivity index (χ2n) is 8.08. The minimum Gasteiger partial charge on any atom is -0.349 e. The Kier molecular flexibility index (Phi) is 6.66. The van der Waals surface area contributed by atoms with E-state index in [0.717, 1.165) is 36.4 Å². The summed E-state index contributed by atoms with van der Waals surface area (Å²) in [4.78, 5) is 27.1. The van der Waals surface area contributed by atoms with E-state index in [4.69, 9.17) is 0 Å². The van der Waals surface area contributed by atoms with Gasteiger partial charge in [0.25, 0.3) is 5.91 Å². The van der Waals surface area contributed by atoms with E-state index in [1.165, 1.54) is 24.6 Å². The van der Waals surface area contributed by atoms with Gasteiger partial charge in [-0.15, -0.1) is 5.10 Å². The van der Waals surface area contributed by atoms with Gasteiger partial charge >= 0.3 is 0 Å². The Morgan fingerprint density at radius 2 is 1.87 bits per heavy atom.